The number of benzene rings is 1. The molecule has 4 nitrogen and oxygen atoms in total. The van der Waals surface area contributed by atoms with Gasteiger partial charge in [-0.1, -0.05) is 12.1 Å². The van der Waals surface area contributed by atoms with Gasteiger partial charge in [0.1, 0.15) is 5.82 Å². The lowest BCUT2D eigenvalue weighted by atomic mass is 9.98. The molecular weight excluding hydrogens is 271 g/mol. The van der Waals surface area contributed by atoms with E-state index >= 15 is 0 Å². The summed E-state index contributed by atoms with van der Waals surface area (Å²) < 4.78 is 13.3. The molecule has 0 aromatic heterocycles. The first kappa shape index (κ1) is 15.2. The molecule has 112 valence electrons. The first-order chi connectivity index (χ1) is 9.79. The number of carbonyl (C=O) groups is 2. The highest BCUT2D eigenvalue weighted by Gasteiger charge is 2.30. The third-order valence-corrected chi connectivity index (χ3v) is 3.25. The number of hydrogen-bond donors (Lipinski definition) is 1. The SMILES string of the molecule is CC(C)(C)N(NC(=O)C1=CCC1)C(=O)c1cccc(F)c1. The van der Waals surface area contributed by atoms with Crippen molar-refractivity contribution in [3.63, 3.8) is 0 Å². The predicted molar refractivity (Wildman–Crippen MR) is 77.8 cm³/mol. The van der Waals surface area contributed by atoms with Crippen molar-refractivity contribution in [1.82, 2.24) is 10.4 Å². The van der Waals surface area contributed by atoms with Gasteiger partial charge < -0.3 is 0 Å². The van der Waals surface area contributed by atoms with Crippen LogP contribution < -0.4 is 5.43 Å². The number of amides is 2. The van der Waals surface area contributed by atoms with E-state index in [1.165, 1.54) is 23.2 Å². The molecular formula is C16H19FN2O2. The lowest BCUT2D eigenvalue weighted by Crippen LogP contribution is -2.56. The van der Waals surface area contributed by atoms with Gasteiger partial charge in [0.05, 0.1) is 5.54 Å². The molecule has 0 unspecified atom stereocenters. The molecule has 2 rings (SSSR count). The van der Waals surface area contributed by atoms with Gasteiger partial charge >= 0.3 is 0 Å². The molecule has 21 heavy (non-hydrogen) atoms. The van der Waals surface area contributed by atoms with Crippen LogP contribution >= 0.6 is 0 Å². The average Bonchev–Trinajstić information content (AvgIpc) is 2.31. The maximum Gasteiger partial charge on any atom is 0.272 e. The Hall–Kier alpha value is -2.17. The Kier molecular flexibility index (Phi) is 4.11. The summed E-state index contributed by atoms with van der Waals surface area (Å²) in [5.74, 6) is -1.20. The summed E-state index contributed by atoms with van der Waals surface area (Å²) in [7, 11) is 0. The van der Waals surface area contributed by atoms with E-state index in [-0.39, 0.29) is 11.5 Å². The molecule has 1 aliphatic rings. The van der Waals surface area contributed by atoms with Crippen LogP contribution in [0.4, 0.5) is 4.39 Å². The minimum atomic E-state index is -0.622. The topological polar surface area (TPSA) is 49.4 Å². The standard InChI is InChI=1S/C16H19FN2O2/c1-16(2,3)19(18-14(20)11-6-4-7-11)15(21)12-8-5-9-13(17)10-12/h5-6,8-10H,4,7H2,1-3H3,(H,18,20). The number of halogens is 1. The molecule has 5 heteroatoms. The highest BCUT2D eigenvalue weighted by Crippen LogP contribution is 2.20. The molecule has 0 atom stereocenters. The largest absolute Gasteiger partial charge is 0.272 e. The Balaban J connectivity index is 2.23. The fourth-order valence-corrected chi connectivity index (χ4v) is 1.94. The Bertz CT molecular complexity index is 603. The molecule has 0 saturated carbocycles. The van der Waals surface area contributed by atoms with E-state index in [1.54, 1.807) is 20.8 Å². The van der Waals surface area contributed by atoms with Gasteiger partial charge in [0.2, 0.25) is 0 Å². The number of carbonyl (C=O) groups excluding carboxylic acids is 2. The number of hydrazine groups is 1. The van der Waals surface area contributed by atoms with Crippen LogP contribution in [0, 0.1) is 5.82 Å². The average molecular weight is 290 g/mol. The third-order valence-electron chi connectivity index (χ3n) is 3.25. The van der Waals surface area contributed by atoms with E-state index in [9.17, 15) is 14.0 Å². The van der Waals surface area contributed by atoms with Crippen molar-refractivity contribution in [2.24, 2.45) is 0 Å². The number of nitrogens with zero attached hydrogens (tertiary/aromatic N) is 1. The number of nitrogens with one attached hydrogen (secondary N) is 1. The van der Waals surface area contributed by atoms with Gasteiger partial charge in [-0.15, -0.1) is 0 Å². The predicted octanol–water partition coefficient (Wildman–Crippen LogP) is 2.82. The van der Waals surface area contributed by atoms with Crippen molar-refractivity contribution >= 4 is 11.8 Å². The summed E-state index contributed by atoms with van der Waals surface area (Å²) in [6.45, 7) is 5.42. The molecule has 1 N–H and O–H groups in total. The zero-order valence-electron chi connectivity index (χ0n) is 12.4. The summed E-state index contributed by atoms with van der Waals surface area (Å²) in [5, 5.41) is 1.25. The quantitative estimate of drug-likeness (QED) is 0.851. The number of hydrogen-bond acceptors (Lipinski definition) is 2. The van der Waals surface area contributed by atoms with Crippen LogP contribution in [0.15, 0.2) is 35.9 Å². The van der Waals surface area contributed by atoms with E-state index in [1.807, 2.05) is 6.08 Å². The second-order valence-electron chi connectivity index (χ2n) is 6.03. The number of rotatable bonds is 2. The monoisotopic (exact) mass is 290 g/mol. The van der Waals surface area contributed by atoms with Crippen LogP contribution in [0.2, 0.25) is 0 Å². The molecule has 1 aromatic carbocycles. The van der Waals surface area contributed by atoms with E-state index in [0.717, 1.165) is 18.9 Å². The van der Waals surface area contributed by atoms with Crippen LogP contribution in [0.25, 0.3) is 0 Å². The summed E-state index contributed by atoms with van der Waals surface area (Å²) in [6, 6.07) is 5.43. The van der Waals surface area contributed by atoms with Gasteiger partial charge in [-0.3, -0.25) is 15.0 Å². The van der Waals surface area contributed by atoms with E-state index < -0.39 is 17.3 Å². The highest BCUT2D eigenvalue weighted by atomic mass is 19.1. The Morgan fingerprint density at radius 3 is 2.43 bits per heavy atom. The van der Waals surface area contributed by atoms with Gasteiger partial charge in [-0.2, -0.15) is 0 Å². The van der Waals surface area contributed by atoms with Gasteiger partial charge in [-0.05, 0) is 51.8 Å². The minimum Gasteiger partial charge on any atom is -0.268 e. The van der Waals surface area contributed by atoms with Crippen molar-refractivity contribution in [2.45, 2.75) is 39.2 Å². The Morgan fingerprint density at radius 1 is 1.29 bits per heavy atom. The van der Waals surface area contributed by atoms with Gasteiger partial charge in [0.25, 0.3) is 11.8 Å². The first-order valence-electron chi connectivity index (χ1n) is 6.89. The van der Waals surface area contributed by atoms with Crippen molar-refractivity contribution in [3.8, 4) is 0 Å². The molecule has 0 aliphatic heterocycles. The first-order valence-corrected chi connectivity index (χ1v) is 6.89. The third kappa shape index (κ3) is 3.48. The second-order valence-corrected chi connectivity index (χ2v) is 6.03. The van der Waals surface area contributed by atoms with E-state index in [2.05, 4.69) is 5.43 Å². The van der Waals surface area contributed by atoms with Crippen molar-refractivity contribution in [1.29, 1.82) is 0 Å². The zero-order chi connectivity index (χ0) is 15.6. The van der Waals surface area contributed by atoms with Crippen LogP contribution in [-0.4, -0.2) is 22.4 Å². The van der Waals surface area contributed by atoms with Crippen molar-refractivity contribution in [2.75, 3.05) is 0 Å². The molecule has 1 aliphatic carbocycles. The maximum atomic E-state index is 13.3. The smallest absolute Gasteiger partial charge is 0.268 e. The summed E-state index contributed by atoms with van der Waals surface area (Å²) in [6.07, 6.45) is 3.44. The second kappa shape index (κ2) is 5.68. The molecule has 0 saturated heterocycles. The minimum absolute atomic E-state index is 0.202. The molecule has 0 spiro atoms. The lowest BCUT2D eigenvalue weighted by Gasteiger charge is -2.36. The van der Waals surface area contributed by atoms with Crippen LogP contribution in [-0.2, 0) is 4.79 Å². The number of allylic oxidation sites excluding steroid dienone is 1. The van der Waals surface area contributed by atoms with Crippen molar-refractivity contribution in [3.05, 3.63) is 47.3 Å². The molecule has 0 bridgehead atoms. The maximum absolute atomic E-state index is 13.3. The Labute approximate surface area is 123 Å². The Morgan fingerprint density at radius 2 is 1.95 bits per heavy atom. The van der Waals surface area contributed by atoms with Crippen molar-refractivity contribution < 1.29 is 14.0 Å². The van der Waals surface area contributed by atoms with Gasteiger partial charge in [0.15, 0.2) is 0 Å². The van der Waals surface area contributed by atoms with Gasteiger partial charge in [-0.25, -0.2) is 9.40 Å². The van der Waals surface area contributed by atoms with Crippen LogP contribution in [0.1, 0.15) is 44.0 Å². The van der Waals surface area contributed by atoms with E-state index in [0.29, 0.717) is 5.57 Å². The zero-order valence-corrected chi connectivity index (χ0v) is 12.4. The fourth-order valence-electron chi connectivity index (χ4n) is 1.94. The lowest BCUT2D eigenvalue weighted by molar-refractivity contribution is -0.123. The molecule has 0 heterocycles. The summed E-state index contributed by atoms with van der Waals surface area (Å²) >= 11 is 0. The fraction of sp³-hybridized carbons (Fsp3) is 0.375. The summed E-state index contributed by atoms with van der Waals surface area (Å²) in [4.78, 5) is 24.6. The molecule has 0 radical (unpaired) electrons. The van der Waals surface area contributed by atoms with Crippen LogP contribution in [0.3, 0.4) is 0 Å². The van der Waals surface area contributed by atoms with E-state index in [4.69, 9.17) is 0 Å². The molecule has 1 aromatic rings. The summed E-state index contributed by atoms with van der Waals surface area (Å²) in [5.41, 5.74) is 2.89. The van der Waals surface area contributed by atoms with Crippen LogP contribution in [0.5, 0.6) is 0 Å². The molecule has 2 amide bonds. The molecule has 0 fully saturated rings. The highest BCUT2D eigenvalue weighted by molar-refractivity contribution is 5.99. The normalized spacial score (nSPS) is 14.0. The van der Waals surface area contributed by atoms with Gasteiger partial charge in [0, 0.05) is 11.1 Å².